The number of fused-ring (bicyclic) bond motifs is 1. The number of nitrogens with one attached hydrogen (secondary N) is 1. The second-order valence-electron chi connectivity index (χ2n) is 4.16. The third-order valence-corrected chi connectivity index (χ3v) is 2.79. The van der Waals surface area contributed by atoms with Crippen LogP contribution in [-0.2, 0) is 6.54 Å². The first-order chi connectivity index (χ1) is 8.83. The van der Waals surface area contributed by atoms with Crippen molar-refractivity contribution in [2.75, 3.05) is 5.32 Å². The van der Waals surface area contributed by atoms with E-state index in [-0.39, 0.29) is 0 Å². The van der Waals surface area contributed by atoms with Crippen molar-refractivity contribution in [3.8, 4) is 0 Å². The zero-order valence-corrected chi connectivity index (χ0v) is 10.1. The van der Waals surface area contributed by atoms with E-state index in [2.05, 4.69) is 27.6 Å². The Morgan fingerprint density at radius 1 is 1.22 bits per heavy atom. The lowest BCUT2D eigenvalue weighted by Crippen LogP contribution is -2.01. The van der Waals surface area contributed by atoms with Gasteiger partial charge in [0.15, 0.2) is 0 Å². The maximum atomic E-state index is 5.03. The molecular formula is C14H13N3O. The van der Waals surface area contributed by atoms with E-state index in [4.69, 9.17) is 4.52 Å². The Morgan fingerprint density at radius 2 is 2.11 bits per heavy atom. The molecule has 0 amide bonds. The molecule has 2 heterocycles. The van der Waals surface area contributed by atoms with E-state index in [1.54, 1.807) is 6.20 Å². The number of aryl methyl sites for hydroxylation is 1. The third-order valence-electron chi connectivity index (χ3n) is 2.79. The summed E-state index contributed by atoms with van der Waals surface area (Å²) in [5, 5.41) is 9.51. The van der Waals surface area contributed by atoms with Gasteiger partial charge in [-0.05, 0) is 18.4 Å². The fourth-order valence-corrected chi connectivity index (χ4v) is 1.94. The molecule has 2 aromatic heterocycles. The summed E-state index contributed by atoms with van der Waals surface area (Å²) >= 11 is 0. The highest BCUT2D eigenvalue weighted by atomic mass is 16.5. The van der Waals surface area contributed by atoms with Gasteiger partial charge in [0.1, 0.15) is 17.3 Å². The molecule has 3 aromatic rings. The molecule has 0 bridgehead atoms. The van der Waals surface area contributed by atoms with Crippen molar-refractivity contribution in [3.63, 3.8) is 0 Å². The van der Waals surface area contributed by atoms with E-state index >= 15 is 0 Å². The van der Waals surface area contributed by atoms with Gasteiger partial charge < -0.3 is 9.84 Å². The van der Waals surface area contributed by atoms with Crippen molar-refractivity contribution in [3.05, 3.63) is 54.0 Å². The monoisotopic (exact) mass is 239 g/mol. The molecule has 0 radical (unpaired) electrons. The van der Waals surface area contributed by atoms with Crippen LogP contribution in [0.15, 0.2) is 47.1 Å². The highest BCUT2D eigenvalue weighted by Gasteiger charge is 2.03. The van der Waals surface area contributed by atoms with Gasteiger partial charge in [0.05, 0.1) is 6.54 Å². The summed E-state index contributed by atoms with van der Waals surface area (Å²) in [6, 6.07) is 12.1. The van der Waals surface area contributed by atoms with Crippen LogP contribution in [0.3, 0.4) is 0 Å². The summed E-state index contributed by atoms with van der Waals surface area (Å²) in [6.45, 7) is 2.49. The number of rotatable bonds is 3. The van der Waals surface area contributed by atoms with E-state index in [0.29, 0.717) is 6.54 Å². The van der Waals surface area contributed by atoms with Gasteiger partial charge in [0.2, 0.25) is 0 Å². The maximum Gasteiger partial charge on any atom is 0.134 e. The topological polar surface area (TPSA) is 51.0 Å². The Labute approximate surface area is 105 Å². The predicted octanol–water partition coefficient (Wildman–Crippen LogP) is 3.14. The van der Waals surface area contributed by atoms with Crippen LogP contribution < -0.4 is 5.32 Å². The molecule has 90 valence electrons. The molecule has 0 saturated heterocycles. The molecule has 0 fully saturated rings. The fraction of sp³-hybridized carbons (Fsp3) is 0.143. The Morgan fingerprint density at radius 3 is 2.94 bits per heavy atom. The number of anilines is 1. The number of hydrogen-bond acceptors (Lipinski definition) is 4. The Hall–Kier alpha value is -2.36. The van der Waals surface area contributed by atoms with Crippen LogP contribution in [0.4, 0.5) is 5.82 Å². The third kappa shape index (κ3) is 2.05. The van der Waals surface area contributed by atoms with Crippen LogP contribution in [0, 0.1) is 6.92 Å². The highest BCUT2D eigenvalue weighted by Crippen LogP contribution is 2.20. The molecule has 0 saturated carbocycles. The Balaban J connectivity index is 1.86. The quantitative estimate of drug-likeness (QED) is 0.762. The minimum Gasteiger partial charge on any atom is -0.364 e. The predicted molar refractivity (Wildman–Crippen MR) is 70.3 cm³/mol. The number of benzene rings is 1. The van der Waals surface area contributed by atoms with Gasteiger partial charge in [0.25, 0.3) is 0 Å². The molecule has 0 aliphatic carbocycles. The first-order valence-electron chi connectivity index (χ1n) is 5.83. The van der Waals surface area contributed by atoms with Crippen molar-refractivity contribution in [1.29, 1.82) is 0 Å². The molecule has 0 atom stereocenters. The number of hydrogen-bond donors (Lipinski definition) is 1. The minimum absolute atomic E-state index is 0.609. The van der Waals surface area contributed by atoms with Gasteiger partial charge in [0, 0.05) is 17.6 Å². The van der Waals surface area contributed by atoms with Crippen LogP contribution in [-0.4, -0.2) is 10.1 Å². The van der Waals surface area contributed by atoms with Gasteiger partial charge >= 0.3 is 0 Å². The molecule has 0 aliphatic heterocycles. The van der Waals surface area contributed by atoms with Crippen molar-refractivity contribution < 1.29 is 4.52 Å². The van der Waals surface area contributed by atoms with Crippen molar-refractivity contribution >= 4 is 16.6 Å². The van der Waals surface area contributed by atoms with Crippen molar-refractivity contribution in [2.45, 2.75) is 13.5 Å². The molecule has 4 nitrogen and oxygen atoms in total. The zero-order valence-electron chi connectivity index (χ0n) is 10.1. The second-order valence-corrected chi connectivity index (χ2v) is 4.16. The Kier molecular flexibility index (Phi) is 2.68. The van der Waals surface area contributed by atoms with Gasteiger partial charge in [-0.25, -0.2) is 4.98 Å². The SMILES string of the molecule is Cc1cc(CNc2nccc3ccccc23)no1. The fourth-order valence-electron chi connectivity index (χ4n) is 1.94. The first-order valence-corrected chi connectivity index (χ1v) is 5.83. The second kappa shape index (κ2) is 4.49. The van der Waals surface area contributed by atoms with Crippen molar-refractivity contribution in [2.24, 2.45) is 0 Å². The van der Waals surface area contributed by atoms with Crippen LogP contribution in [0.2, 0.25) is 0 Å². The lowest BCUT2D eigenvalue weighted by molar-refractivity contribution is 0.391. The molecule has 0 aliphatic rings. The lowest BCUT2D eigenvalue weighted by Gasteiger charge is -2.06. The van der Waals surface area contributed by atoms with E-state index in [9.17, 15) is 0 Å². The minimum atomic E-state index is 0.609. The average Bonchev–Trinajstić information content (AvgIpc) is 2.82. The summed E-state index contributed by atoms with van der Waals surface area (Å²) in [5.41, 5.74) is 0.877. The van der Waals surface area contributed by atoms with Crippen LogP contribution >= 0.6 is 0 Å². The smallest absolute Gasteiger partial charge is 0.134 e. The molecular weight excluding hydrogens is 226 g/mol. The molecule has 4 heteroatoms. The average molecular weight is 239 g/mol. The lowest BCUT2D eigenvalue weighted by atomic mass is 10.1. The first kappa shape index (κ1) is 10.8. The molecule has 18 heavy (non-hydrogen) atoms. The maximum absolute atomic E-state index is 5.03. The molecule has 1 aromatic carbocycles. The summed E-state index contributed by atoms with van der Waals surface area (Å²) in [4.78, 5) is 4.36. The summed E-state index contributed by atoms with van der Waals surface area (Å²) in [6.07, 6.45) is 1.80. The zero-order chi connectivity index (χ0) is 12.4. The van der Waals surface area contributed by atoms with Crippen LogP contribution in [0.25, 0.3) is 10.8 Å². The van der Waals surface area contributed by atoms with E-state index in [1.807, 2.05) is 31.2 Å². The number of aromatic nitrogens is 2. The Bertz CT molecular complexity index is 670. The largest absolute Gasteiger partial charge is 0.364 e. The van der Waals surface area contributed by atoms with Gasteiger partial charge in [-0.2, -0.15) is 0 Å². The van der Waals surface area contributed by atoms with Gasteiger partial charge in [-0.1, -0.05) is 29.4 Å². The summed E-state index contributed by atoms with van der Waals surface area (Å²) < 4.78 is 5.03. The summed E-state index contributed by atoms with van der Waals surface area (Å²) in [5.74, 6) is 1.69. The van der Waals surface area contributed by atoms with E-state index in [1.165, 1.54) is 5.39 Å². The van der Waals surface area contributed by atoms with Crippen LogP contribution in [0.1, 0.15) is 11.5 Å². The van der Waals surface area contributed by atoms with E-state index in [0.717, 1.165) is 22.7 Å². The standard InChI is InChI=1S/C14H13N3O/c1-10-8-12(17-18-10)9-16-14-13-5-3-2-4-11(13)6-7-15-14/h2-8H,9H2,1H3,(H,15,16). The molecule has 1 N–H and O–H groups in total. The number of pyridine rings is 1. The van der Waals surface area contributed by atoms with Gasteiger partial charge in [-0.3, -0.25) is 0 Å². The van der Waals surface area contributed by atoms with Crippen LogP contribution in [0.5, 0.6) is 0 Å². The van der Waals surface area contributed by atoms with Gasteiger partial charge in [-0.15, -0.1) is 0 Å². The molecule has 0 unspecified atom stereocenters. The van der Waals surface area contributed by atoms with Crippen molar-refractivity contribution in [1.82, 2.24) is 10.1 Å². The highest BCUT2D eigenvalue weighted by molar-refractivity contribution is 5.91. The number of nitrogens with zero attached hydrogens (tertiary/aromatic N) is 2. The molecule has 0 spiro atoms. The van der Waals surface area contributed by atoms with E-state index < -0.39 is 0 Å². The summed E-state index contributed by atoms with van der Waals surface area (Å²) in [7, 11) is 0. The normalized spacial score (nSPS) is 10.7. The molecule has 3 rings (SSSR count).